The van der Waals surface area contributed by atoms with Crippen molar-refractivity contribution in [2.75, 3.05) is 11.4 Å². The number of carbonyl (C=O) groups is 1. The van der Waals surface area contributed by atoms with Gasteiger partial charge in [0.15, 0.2) is 0 Å². The molecule has 0 aliphatic rings. The Labute approximate surface area is 150 Å². The number of terminal acetylenes is 1. The van der Waals surface area contributed by atoms with E-state index in [0.717, 1.165) is 12.1 Å². The van der Waals surface area contributed by atoms with Crippen molar-refractivity contribution in [3.05, 3.63) is 60.8 Å². The summed E-state index contributed by atoms with van der Waals surface area (Å²) in [5, 5.41) is 0. The average Bonchev–Trinajstić information content (AvgIpc) is 2.64. The summed E-state index contributed by atoms with van der Waals surface area (Å²) in [6.45, 7) is 3.91. The third kappa shape index (κ3) is 4.73. The van der Waals surface area contributed by atoms with E-state index in [2.05, 4.69) is 17.5 Å². The molecule has 2 aromatic rings. The molecule has 1 aromatic heterocycles. The highest BCUT2D eigenvalue weighted by molar-refractivity contribution is 6.01. The first-order valence-electron chi connectivity index (χ1n) is 7.88. The maximum atomic E-state index is 12.6. The fourth-order valence-corrected chi connectivity index (χ4v) is 2.36. The third-order valence-electron chi connectivity index (χ3n) is 3.71. The van der Waals surface area contributed by atoms with Crippen LogP contribution in [0, 0.1) is 12.3 Å². The van der Waals surface area contributed by atoms with E-state index in [0.29, 0.717) is 36.3 Å². The van der Waals surface area contributed by atoms with E-state index in [1.54, 1.807) is 12.1 Å². The van der Waals surface area contributed by atoms with Crippen molar-refractivity contribution in [1.29, 1.82) is 0 Å². The third-order valence-corrected chi connectivity index (χ3v) is 3.71. The molecule has 0 saturated carbocycles. The van der Waals surface area contributed by atoms with Gasteiger partial charge in [-0.2, -0.15) is 13.2 Å². The van der Waals surface area contributed by atoms with Crippen LogP contribution in [0.4, 0.5) is 18.9 Å². The van der Waals surface area contributed by atoms with Gasteiger partial charge in [0, 0.05) is 18.5 Å². The second-order valence-corrected chi connectivity index (χ2v) is 5.48. The fraction of sp³-hybridized carbons (Fsp3) is 0.200. The number of hydrogen-bond donors (Lipinski definition) is 0. The van der Waals surface area contributed by atoms with Crippen molar-refractivity contribution in [2.45, 2.75) is 19.0 Å². The molecule has 3 nitrogen and oxygen atoms in total. The Morgan fingerprint density at radius 3 is 2.42 bits per heavy atom. The lowest BCUT2D eigenvalue weighted by Gasteiger charge is -2.20. The first-order valence-corrected chi connectivity index (χ1v) is 7.88. The average molecular weight is 358 g/mol. The molecule has 0 aliphatic heterocycles. The molecule has 0 fully saturated rings. The Hall–Kier alpha value is -3.07. The Kier molecular flexibility index (Phi) is 6.18. The van der Waals surface area contributed by atoms with E-state index in [9.17, 15) is 18.0 Å². The maximum absolute atomic E-state index is 12.6. The predicted molar refractivity (Wildman–Crippen MR) is 95.3 cm³/mol. The second-order valence-electron chi connectivity index (χ2n) is 5.48. The zero-order chi connectivity index (χ0) is 19.2. The van der Waals surface area contributed by atoms with Crippen LogP contribution in [0.2, 0.25) is 0 Å². The number of rotatable bonds is 6. The van der Waals surface area contributed by atoms with Gasteiger partial charge in [-0.1, -0.05) is 18.7 Å². The van der Waals surface area contributed by atoms with Gasteiger partial charge >= 0.3 is 6.18 Å². The van der Waals surface area contributed by atoms with E-state index >= 15 is 0 Å². The van der Waals surface area contributed by atoms with Crippen LogP contribution in [0.3, 0.4) is 0 Å². The largest absolute Gasteiger partial charge is 0.416 e. The van der Waals surface area contributed by atoms with E-state index in [1.165, 1.54) is 29.3 Å². The molecule has 0 N–H and O–H groups in total. The number of aromatic nitrogens is 1. The molecule has 2 rings (SSSR count). The number of hydrogen-bond acceptors (Lipinski definition) is 2. The van der Waals surface area contributed by atoms with Crippen LogP contribution < -0.4 is 4.90 Å². The zero-order valence-corrected chi connectivity index (χ0v) is 14.0. The smallest absolute Gasteiger partial charge is 0.307 e. The van der Waals surface area contributed by atoms with Gasteiger partial charge in [-0.25, -0.2) is 0 Å². The molecule has 134 valence electrons. The number of halogens is 3. The normalized spacial score (nSPS) is 10.8. The van der Waals surface area contributed by atoms with Gasteiger partial charge < -0.3 is 4.90 Å². The number of unbranched alkanes of at least 4 members (excludes halogenated alkanes) is 1. The van der Waals surface area contributed by atoms with Crippen molar-refractivity contribution in [3.63, 3.8) is 0 Å². The van der Waals surface area contributed by atoms with Gasteiger partial charge in [0.2, 0.25) is 5.91 Å². The van der Waals surface area contributed by atoms with E-state index in [4.69, 9.17) is 6.42 Å². The molecule has 0 saturated heterocycles. The predicted octanol–water partition coefficient (Wildman–Crippen LogP) is 4.70. The molecule has 6 heteroatoms. The molecule has 1 heterocycles. The summed E-state index contributed by atoms with van der Waals surface area (Å²) < 4.78 is 37.9. The van der Waals surface area contributed by atoms with Crippen LogP contribution in [-0.4, -0.2) is 17.4 Å². The molecule has 1 aromatic carbocycles. The lowest BCUT2D eigenvalue weighted by atomic mass is 10.1. The summed E-state index contributed by atoms with van der Waals surface area (Å²) >= 11 is 0. The van der Waals surface area contributed by atoms with Gasteiger partial charge in [-0.05, 0) is 36.8 Å². The topological polar surface area (TPSA) is 33.2 Å². The number of nitrogens with zero attached hydrogens (tertiary/aromatic N) is 2. The Morgan fingerprint density at radius 1 is 1.23 bits per heavy atom. The van der Waals surface area contributed by atoms with Gasteiger partial charge in [0.25, 0.3) is 0 Å². The number of alkyl halides is 3. The molecule has 0 radical (unpaired) electrons. The Bertz CT molecular complexity index is 803. The minimum atomic E-state index is -4.38. The van der Waals surface area contributed by atoms with Gasteiger partial charge in [0.1, 0.15) is 0 Å². The SMILES string of the molecule is C#CCCCN(C(=O)C=C)c1ccc(-c2ccc(C(F)(F)F)cc2)nc1. The number of anilines is 1. The van der Waals surface area contributed by atoms with Crippen LogP contribution in [0.1, 0.15) is 18.4 Å². The van der Waals surface area contributed by atoms with Crippen molar-refractivity contribution < 1.29 is 18.0 Å². The zero-order valence-electron chi connectivity index (χ0n) is 14.0. The maximum Gasteiger partial charge on any atom is 0.416 e. The van der Waals surface area contributed by atoms with E-state index in [-0.39, 0.29) is 5.91 Å². The highest BCUT2D eigenvalue weighted by atomic mass is 19.4. The number of benzene rings is 1. The van der Waals surface area contributed by atoms with Crippen LogP contribution in [-0.2, 0) is 11.0 Å². The molecule has 0 spiro atoms. The molecule has 26 heavy (non-hydrogen) atoms. The number of carbonyl (C=O) groups excluding carboxylic acids is 1. The molecular weight excluding hydrogens is 341 g/mol. The van der Waals surface area contributed by atoms with E-state index < -0.39 is 11.7 Å². The monoisotopic (exact) mass is 358 g/mol. The Morgan fingerprint density at radius 2 is 1.92 bits per heavy atom. The number of amides is 1. The van der Waals surface area contributed by atoms with Crippen LogP contribution in [0.15, 0.2) is 55.3 Å². The van der Waals surface area contributed by atoms with Crippen molar-refractivity contribution in [1.82, 2.24) is 4.98 Å². The quantitative estimate of drug-likeness (QED) is 0.426. The molecule has 1 amide bonds. The fourth-order valence-electron chi connectivity index (χ4n) is 2.36. The van der Waals surface area contributed by atoms with Crippen molar-refractivity contribution in [3.8, 4) is 23.6 Å². The van der Waals surface area contributed by atoms with Crippen LogP contribution >= 0.6 is 0 Å². The minimum absolute atomic E-state index is 0.272. The molecule has 0 bridgehead atoms. The van der Waals surface area contributed by atoms with Crippen LogP contribution in [0.25, 0.3) is 11.3 Å². The molecule has 0 aliphatic carbocycles. The summed E-state index contributed by atoms with van der Waals surface area (Å²) in [5.41, 5.74) is 0.923. The lowest BCUT2D eigenvalue weighted by molar-refractivity contribution is -0.137. The van der Waals surface area contributed by atoms with Crippen LogP contribution in [0.5, 0.6) is 0 Å². The summed E-state index contributed by atoms with van der Waals surface area (Å²) in [4.78, 5) is 17.8. The van der Waals surface area contributed by atoms with Crippen molar-refractivity contribution in [2.24, 2.45) is 0 Å². The Balaban J connectivity index is 2.21. The lowest BCUT2D eigenvalue weighted by Crippen LogP contribution is -2.30. The van der Waals surface area contributed by atoms with Gasteiger partial charge in [-0.3, -0.25) is 9.78 Å². The first-order chi connectivity index (χ1) is 12.4. The highest BCUT2D eigenvalue weighted by Gasteiger charge is 2.30. The molecule has 0 atom stereocenters. The molecule has 0 unspecified atom stereocenters. The summed E-state index contributed by atoms with van der Waals surface area (Å²) in [5.74, 6) is 2.25. The minimum Gasteiger partial charge on any atom is -0.307 e. The summed E-state index contributed by atoms with van der Waals surface area (Å²) in [6.07, 6.45) is 4.74. The standard InChI is InChI=1S/C20H17F3N2O/c1-3-5-6-13-25(19(26)4-2)17-11-12-18(24-14-17)15-7-9-16(10-8-15)20(21,22)23/h1,4,7-12,14H,2,5-6,13H2. The molecular formula is C20H17F3N2O. The summed E-state index contributed by atoms with van der Waals surface area (Å²) in [6, 6.07) is 8.10. The second kappa shape index (κ2) is 8.34. The summed E-state index contributed by atoms with van der Waals surface area (Å²) in [7, 11) is 0. The number of pyridine rings is 1. The highest BCUT2D eigenvalue weighted by Crippen LogP contribution is 2.30. The van der Waals surface area contributed by atoms with E-state index in [1.807, 2.05) is 0 Å². The first kappa shape index (κ1) is 19.3. The van der Waals surface area contributed by atoms with Gasteiger partial charge in [0.05, 0.1) is 23.1 Å². The van der Waals surface area contributed by atoms with Gasteiger partial charge in [-0.15, -0.1) is 12.3 Å². The van der Waals surface area contributed by atoms with Crippen molar-refractivity contribution >= 4 is 11.6 Å².